The Morgan fingerprint density at radius 1 is 0.500 bits per heavy atom. The summed E-state index contributed by atoms with van der Waals surface area (Å²) in [6.07, 6.45) is 0. The molecule has 10 heteroatoms. The van der Waals surface area contributed by atoms with Crippen molar-refractivity contribution in [2.75, 3.05) is 0 Å². The molecule has 0 aliphatic rings. The van der Waals surface area contributed by atoms with Crippen LogP contribution in [-0.4, -0.2) is 10.5 Å². The van der Waals surface area contributed by atoms with Gasteiger partial charge in [0.05, 0.1) is 0 Å². The van der Waals surface area contributed by atoms with Crippen molar-refractivity contribution >= 4 is 0 Å². The monoisotopic (exact) mass is 286 g/mol. The molecule has 0 amide bonds. The third-order valence-electron chi connectivity index (χ3n) is 0. The molecule has 0 bridgehead atoms. The van der Waals surface area contributed by atoms with E-state index < -0.39 is 0 Å². The summed E-state index contributed by atoms with van der Waals surface area (Å²) in [5, 5.41) is 49.5. The van der Waals surface area contributed by atoms with Gasteiger partial charge in [0.25, 0.3) is 0 Å². The molecule has 0 saturated heterocycles. The van der Waals surface area contributed by atoms with E-state index in [1.165, 1.54) is 0 Å². The van der Waals surface area contributed by atoms with Gasteiger partial charge in [-0.15, -0.1) is 0 Å². The Kier molecular flexibility index (Phi) is 12500. The molecule has 0 rings (SSSR count). The minimum atomic E-state index is 0. The van der Waals surface area contributed by atoms with Crippen LogP contribution in [0.3, 0.4) is 0 Å². The Morgan fingerprint density at radius 3 is 0.500 bits per heavy atom. The summed E-state index contributed by atoms with van der Waals surface area (Å²) >= 11 is 0. The minimum absolute atomic E-state index is 0. The number of hydrogen-bond acceptors (Lipinski definition) is 8. The van der Waals surface area contributed by atoms with Crippen molar-refractivity contribution in [2.45, 2.75) is 0 Å². The molecule has 0 aliphatic heterocycles. The first-order valence-electron chi connectivity index (χ1n) is 1.54. The fraction of sp³-hybridized carbons (Fsp3) is 0. The SMILES string of the molecule is OO.[C-]#N.[C-]#N.[C-]#N.[C-]#N.[C-]#N.[C-]#N.[Fe+6].[H-].[K+]. The zero-order valence-electron chi connectivity index (χ0n) is 8.93. The van der Waals surface area contributed by atoms with E-state index in [0.717, 1.165) is 0 Å². The second-order valence-corrected chi connectivity index (χ2v) is 0. The molecule has 0 aromatic rings. The molecule has 0 fully saturated rings. The van der Waals surface area contributed by atoms with E-state index in [9.17, 15) is 0 Å². The molecular formula is C6H3FeKN6O2. The summed E-state index contributed by atoms with van der Waals surface area (Å²) in [5.41, 5.74) is 0. The molecule has 78 valence electrons. The summed E-state index contributed by atoms with van der Waals surface area (Å²) in [5.74, 6) is 0. The van der Waals surface area contributed by atoms with E-state index in [0.29, 0.717) is 0 Å². The van der Waals surface area contributed by atoms with Gasteiger partial charge in [0.1, 0.15) is 0 Å². The fourth-order valence-corrected chi connectivity index (χ4v) is 0. The van der Waals surface area contributed by atoms with Gasteiger partial charge < -0.3 is 72.4 Å². The molecule has 0 aromatic carbocycles. The van der Waals surface area contributed by atoms with Gasteiger partial charge in [0, 0.05) is 0 Å². The zero-order valence-corrected chi connectivity index (χ0v) is 12.2. The van der Waals surface area contributed by atoms with Crippen LogP contribution in [0.2, 0.25) is 0 Å². The maximum Gasteiger partial charge on any atom is 6.00 e. The Bertz CT molecular complexity index is 112. The first-order chi connectivity index (χ1) is 7.00. The molecule has 0 heterocycles. The molecule has 0 aromatic heterocycles. The van der Waals surface area contributed by atoms with Crippen LogP contribution in [0.1, 0.15) is 1.43 Å². The Hall–Kier alpha value is -0.984. The van der Waals surface area contributed by atoms with Crippen LogP contribution in [0.5, 0.6) is 0 Å². The van der Waals surface area contributed by atoms with Gasteiger partial charge in [0.2, 0.25) is 0 Å². The topological polar surface area (TPSA) is 183 Å². The van der Waals surface area contributed by atoms with Crippen molar-refractivity contribution in [2.24, 2.45) is 0 Å². The van der Waals surface area contributed by atoms with Crippen molar-refractivity contribution < 1.29 is 80.4 Å². The van der Waals surface area contributed by atoms with E-state index in [2.05, 4.69) is 0 Å². The Morgan fingerprint density at radius 2 is 0.500 bits per heavy atom. The van der Waals surface area contributed by atoms with Crippen LogP contribution in [0.25, 0.3) is 0 Å². The van der Waals surface area contributed by atoms with Crippen molar-refractivity contribution in [1.82, 2.24) is 0 Å². The smallest absolute Gasteiger partial charge is 1.00 e. The molecule has 0 spiro atoms. The van der Waals surface area contributed by atoms with Gasteiger partial charge in [0.15, 0.2) is 0 Å². The Balaban J connectivity index is -0.00000000408. The Labute approximate surface area is 149 Å². The molecule has 0 atom stereocenters. The maximum absolute atomic E-state index is 6.25. The molecule has 2 N–H and O–H groups in total. The molecule has 16 heavy (non-hydrogen) atoms. The van der Waals surface area contributed by atoms with Crippen LogP contribution in [0.15, 0.2) is 0 Å². The predicted octanol–water partition coefficient (Wildman–Crippen LogP) is -2.29. The number of rotatable bonds is 0. The van der Waals surface area contributed by atoms with Gasteiger partial charge in [-0.3, -0.25) is 10.5 Å². The van der Waals surface area contributed by atoms with Crippen LogP contribution < -0.4 is 51.4 Å². The van der Waals surface area contributed by atoms with E-state index in [1.807, 2.05) is 0 Å². The van der Waals surface area contributed by atoms with Crippen LogP contribution in [-0.2, 0) is 17.1 Å². The zero-order chi connectivity index (χ0) is 14.0. The summed E-state index contributed by atoms with van der Waals surface area (Å²) < 4.78 is 0. The van der Waals surface area contributed by atoms with Gasteiger partial charge in [-0.1, -0.05) is 0 Å². The summed E-state index contributed by atoms with van der Waals surface area (Å²) in [4.78, 5) is 0. The van der Waals surface area contributed by atoms with E-state index in [4.69, 9.17) is 81.5 Å². The average molecular weight is 286 g/mol. The van der Waals surface area contributed by atoms with E-state index in [-0.39, 0.29) is 69.9 Å². The van der Waals surface area contributed by atoms with Crippen molar-refractivity contribution in [3.63, 3.8) is 0 Å². The van der Waals surface area contributed by atoms with Crippen molar-refractivity contribution in [3.05, 3.63) is 39.4 Å². The minimum Gasteiger partial charge on any atom is -1.00 e. The molecule has 0 saturated carbocycles. The predicted molar refractivity (Wildman–Crippen MR) is 36.2 cm³/mol. The van der Waals surface area contributed by atoms with Gasteiger partial charge in [-0.05, 0) is 0 Å². The third-order valence-corrected chi connectivity index (χ3v) is 0. The standard InChI is InChI=1S/6CN.Fe.K.H2O2.H/c6*1-2;;;1-2;/h;;;;;;;;1-2H;/q6*-1;+6;+1;;-1. The molecule has 0 aliphatic carbocycles. The van der Waals surface area contributed by atoms with Crippen LogP contribution in [0, 0.1) is 71.0 Å². The average Bonchev–Trinajstić information content (AvgIpc) is 2.45. The molecule has 0 radical (unpaired) electrons. The van der Waals surface area contributed by atoms with Gasteiger partial charge >= 0.3 is 68.5 Å². The first-order valence-corrected chi connectivity index (χ1v) is 1.54. The van der Waals surface area contributed by atoms with Crippen LogP contribution >= 0.6 is 0 Å². The van der Waals surface area contributed by atoms with Gasteiger partial charge in [-0.2, -0.15) is 0 Å². The summed E-state index contributed by atoms with van der Waals surface area (Å²) in [6, 6.07) is 0. The first kappa shape index (κ1) is 81.5. The summed E-state index contributed by atoms with van der Waals surface area (Å²) in [7, 11) is 0. The van der Waals surface area contributed by atoms with Crippen LogP contribution in [0.4, 0.5) is 0 Å². The van der Waals surface area contributed by atoms with Crippen molar-refractivity contribution in [1.29, 1.82) is 31.6 Å². The van der Waals surface area contributed by atoms with Crippen molar-refractivity contribution in [3.8, 4) is 0 Å². The normalized spacial score (nSPS) is 1.12. The molecular weight excluding hydrogens is 283 g/mol. The van der Waals surface area contributed by atoms with E-state index >= 15 is 0 Å². The maximum atomic E-state index is 6.25. The van der Waals surface area contributed by atoms with E-state index in [1.54, 1.807) is 0 Å². The van der Waals surface area contributed by atoms with Gasteiger partial charge in [-0.25, -0.2) is 0 Å². The number of nitrogens with zero attached hydrogens (tertiary/aromatic N) is 6. The second-order valence-electron chi connectivity index (χ2n) is 0. The molecule has 8 nitrogen and oxygen atoms in total. The third kappa shape index (κ3) is 1940. The second kappa shape index (κ2) is 2450. The molecule has 0 unspecified atom stereocenters. The summed E-state index contributed by atoms with van der Waals surface area (Å²) in [6.45, 7) is 28.5. The quantitative estimate of drug-likeness (QED) is 0.215. The largest absolute Gasteiger partial charge is 6.00 e. The fourth-order valence-electron chi connectivity index (χ4n) is 0. The number of hydrogen-bond donors (Lipinski definition) is 2.